The summed E-state index contributed by atoms with van der Waals surface area (Å²) in [5.74, 6) is 0.881. The quantitative estimate of drug-likeness (QED) is 0.610. The summed E-state index contributed by atoms with van der Waals surface area (Å²) in [5.41, 5.74) is 1.34. The Balaban J connectivity index is 1.77. The number of nitrogens with zero attached hydrogens (tertiary/aromatic N) is 2. The van der Waals surface area contributed by atoms with Crippen molar-refractivity contribution in [2.75, 3.05) is 19.6 Å². The van der Waals surface area contributed by atoms with Crippen molar-refractivity contribution in [3.05, 3.63) is 52.0 Å². The molecule has 0 aliphatic heterocycles. The highest BCUT2D eigenvalue weighted by Crippen LogP contribution is 2.11. The lowest BCUT2D eigenvalue weighted by Gasteiger charge is -2.11. The average molecular weight is 316 g/mol. The van der Waals surface area contributed by atoms with E-state index in [9.17, 15) is 0 Å². The summed E-state index contributed by atoms with van der Waals surface area (Å²) in [7, 11) is 0. The number of aromatic nitrogens is 1. The molecule has 4 nitrogen and oxygen atoms in total. The minimum Gasteiger partial charge on any atom is -0.357 e. The summed E-state index contributed by atoms with van der Waals surface area (Å²) >= 11 is 1.75. The SMILES string of the molecule is CCNC(=NCCc1ncc(C)s1)NCCc1ccccc1. The number of aryl methyl sites for hydroxylation is 1. The number of hydrogen-bond donors (Lipinski definition) is 2. The highest BCUT2D eigenvalue weighted by Gasteiger charge is 2.00. The Bertz CT molecular complexity index is 577. The molecule has 2 aromatic rings. The van der Waals surface area contributed by atoms with E-state index in [4.69, 9.17) is 0 Å². The van der Waals surface area contributed by atoms with Crippen molar-refractivity contribution in [3.63, 3.8) is 0 Å². The molecule has 2 rings (SSSR count). The maximum absolute atomic E-state index is 4.61. The largest absolute Gasteiger partial charge is 0.357 e. The Kier molecular flexibility index (Phi) is 6.90. The standard InChI is InChI=1S/C17H24N4S/c1-3-18-17(19-11-9-15-7-5-4-6-8-15)20-12-10-16-21-13-14(2)22-16/h4-8,13H,3,9-12H2,1-2H3,(H2,18,19,20). The summed E-state index contributed by atoms with van der Waals surface area (Å²) in [6.07, 6.45) is 3.82. The van der Waals surface area contributed by atoms with Crippen LogP contribution in [0.5, 0.6) is 0 Å². The predicted molar refractivity (Wildman–Crippen MR) is 94.7 cm³/mol. The fraction of sp³-hybridized carbons (Fsp3) is 0.412. The van der Waals surface area contributed by atoms with Gasteiger partial charge in [0.05, 0.1) is 5.01 Å². The van der Waals surface area contributed by atoms with Crippen LogP contribution in [0.2, 0.25) is 0 Å². The van der Waals surface area contributed by atoms with Crippen LogP contribution in [-0.2, 0) is 12.8 Å². The third-order valence-electron chi connectivity index (χ3n) is 3.16. The molecule has 1 aromatic heterocycles. The molecule has 22 heavy (non-hydrogen) atoms. The second kappa shape index (κ2) is 9.20. The lowest BCUT2D eigenvalue weighted by atomic mass is 10.1. The molecule has 1 heterocycles. The summed E-state index contributed by atoms with van der Waals surface area (Å²) < 4.78 is 0. The maximum Gasteiger partial charge on any atom is 0.191 e. The van der Waals surface area contributed by atoms with Crippen LogP contribution in [0.4, 0.5) is 0 Å². The average Bonchev–Trinajstić information content (AvgIpc) is 2.94. The summed E-state index contributed by atoms with van der Waals surface area (Å²) in [4.78, 5) is 10.2. The Labute approximate surface area is 136 Å². The number of guanidine groups is 1. The molecule has 0 aliphatic carbocycles. The van der Waals surface area contributed by atoms with Crippen LogP contribution in [0.3, 0.4) is 0 Å². The van der Waals surface area contributed by atoms with Gasteiger partial charge in [0, 0.05) is 37.1 Å². The van der Waals surface area contributed by atoms with Crippen molar-refractivity contribution >= 4 is 17.3 Å². The predicted octanol–water partition coefficient (Wildman–Crippen LogP) is 2.79. The van der Waals surface area contributed by atoms with Gasteiger partial charge in [-0.25, -0.2) is 4.98 Å². The molecule has 0 aliphatic rings. The first-order chi connectivity index (χ1) is 10.8. The number of rotatable bonds is 7. The number of thiazole rings is 1. The van der Waals surface area contributed by atoms with E-state index >= 15 is 0 Å². The Morgan fingerprint density at radius 3 is 2.68 bits per heavy atom. The lowest BCUT2D eigenvalue weighted by molar-refractivity contribution is 0.796. The van der Waals surface area contributed by atoms with Crippen molar-refractivity contribution < 1.29 is 0 Å². The number of hydrogen-bond acceptors (Lipinski definition) is 3. The molecular weight excluding hydrogens is 292 g/mol. The molecule has 5 heteroatoms. The second-order valence-electron chi connectivity index (χ2n) is 5.04. The number of nitrogens with one attached hydrogen (secondary N) is 2. The van der Waals surface area contributed by atoms with Gasteiger partial charge in [-0.1, -0.05) is 30.3 Å². The zero-order valence-corrected chi connectivity index (χ0v) is 14.1. The van der Waals surface area contributed by atoms with Crippen LogP contribution in [0.15, 0.2) is 41.5 Å². The van der Waals surface area contributed by atoms with Crippen LogP contribution < -0.4 is 10.6 Å². The van der Waals surface area contributed by atoms with Gasteiger partial charge in [-0.05, 0) is 25.8 Å². The first-order valence-corrected chi connectivity index (χ1v) is 8.57. The zero-order valence-electron chi connectivity index (χ0n) is 13.3. The molecule has 2 N–H and O–H groups in total. The van der Waals surface area contributed by atoms with Gasteiger partial charge in [0.15, 0.2) is 5.96 Å². The first-order valence-electron chi connectivity index (χ1n) is 7.75. The Morgan fingerprint density at radius 1 is 1.18 bits per heavy atom. The normalized spacial score (nSPS) is 11.5. The molecular formula is C17H24N4S. The van der Waals surface area contributed by atoms with E-state index in [1.54, 1.807) is 11.3 Å². The maximum atomic E-state index is 4.61. The molecule has 0 spiro atoms. The van der Waals surface area contributed by atoms with Crippen LogP contribution in [0.25, 0.3) is 0 Å². The van der Waals surface area contributed by atoms with E-state index in [-0.39, 0.29) is 0 Å². The van der Waals surface area contributed by atoms with Crippen LogP contribution in [-0.4, -0.2) is 30.6 Å². The molecule has 0 amide bonds. The van der Waals surface area contributed by atoms with Crippen molar-refractivity contribution in [2.24, 2.45) is 4.99 Å². The monoisotopic (exact) mass is 316 g/mol. The van der Waals surface area contributed by atoms with Crippen molar-refractivity contribution in [2.45, 2.75) is 26.7 Å². The van der Waals surface area contributed by atoms with Gasteiger partial charge in [0.2, 0.25) is 0 Å². The Hall–Kier alpha value is -1.88. The molecule has 1 aromatic carbocycles. The van der Waals surface area contributed by atoms with E-state index in [0.29, 0.717) is 0 Å². The van der Waals surface area contributed by atoms with Gasteiger partial charge in [0.1, 0.15) is 0 Å². The molecule has 0 radical (unpaired) electrons. The molecule has 0 fully saturated rings. The molecule has 118 valence electrons. The fourth-order valence-corrected chi connectivity index (χ4v) is 2.87. The van der Waals surface area contributed by atoms with Crippen LogP contribution >= 0.6 is 11.3 Å². The highest BCUT2D eigenvalue weighted by atomic mass is 32.1. The minimum atomic E-state index is 0.758. The highest BCUT2D eigenvalue weighted by molar-refractivity contribution is 7.11. The summed E-state index contributed by atoms with van der Waals surface area (Å²) in [5, 5.41) is 7.82. The number of benzene rings is 1. The second-order valence-corrected chi connectivity index (χ2v) is 6.36. The molecule has 0 bridgehead atoms. The molecule has 0 saturated heterocycles. The third kappa shape index (κ3) is 5.85. The van der Waals surface area contributed by atoms with Crippen molar-refractivity contribution in [1.82, 2.24) is 15.6 Å². The minimum absolute atomic E-state index is 0.758. The first kappa shape index (κ1) is 16.5. The van der Waals surface area contributed by atoms with Crippen molar-refractivity contribution in [1.29, 1.82) is 0 Å². The zero-order chi connectivity index (χ0) is 15.6. The van der Waals surface area contributed by atoms with Gasteiger partial charge in [-0.3, -0.25) is 4.99 Å². The van der Waals surface area contributed by atoms with Crippen LogP contribution in [0.1, 0.15) is 22.4 Å². The van der Waals surface area contributed by atoms with E-state index in [2.05, 4.69) is 58.7 Å². The van der Waals surface area contributed by atoms with E-state index in [0.717, 1.165) is 43.4 Å². The van der Waals surface area contributed by atoms with Gasteiger partial charge in [0.25, 0.3) is 0 Å². The summed E-state index contributed by atoms with van der Waals surface area (Å²) in [6.45, 7) is 6.67. The Morgan fingerprint density at radius 2 is 2.00 bits per heavy atom. The topological polar surface area (TPSA) is 49.3 Å². The molecule has 0 unspecified atom stereocenters. The van der Waals surface area contributed by atoms with Gasteiger partial charge in [-0.15, -0.1) is 11.3 Å². The molecule has 0 saturated carbocycles. The lowest BCUT2D eigenvalue weighted by Crippen LogP contribution is -2.38. The summed E-state index contributed by atoms with van der Waals surface area (Å²) in [6, 6.07) is 10.5. The fourth-order valence-electron chi connectivity index (χ4n) is 2.09. The molecule has 0 atom stereocenters. The van der Waals surface area contributed by atoms with E-state index in [1.165, 1.54) is 10.4 Å². The van der Waals surface area contributed by atoms with Crippen molar-refractivity contribution in [3.8, 4) is 0 Å². The third-order valence-corrected chi connectivity index (χ3v) is 4.13. The van der Waals surface area contributed by atoms with Gasteiger partial charge >= 0.3 is 0 Å². The van der Waals surface area contributed by atoms with Crippen LogP contribution in [0, 0.1) is 6.92 Å². The number of aliphatic imine (C=N–C) groups is 1. The van der Waals surface area contributed by atoms with Gasteiger partial charge < -0.3 is 10.6 Å². The van der Waals surface area contributed by atoms with E-state index < -0.39 is 0 Å². The smallest absolute Gasteiger partial charge is 0.191 e. The van der Waals surface area contributed by atoms with Gasteiger partial charge in [-0.2, -0.15) is 0 Å². The van der Waals surface area contributed by atoms with E-state index in [1.807, 2.05) is 12.3 Å².